The Bertz CT molecular complexity index is 1270. The predicted molar refractivity (Wildman–Crippen MR) is 141 cm³/mol. The van der Waals surface area contributed by atoms with Gasteiger partial charge in [0, 0.05) is 25.5 Å². The molecule has 1 N–H and O–H groups in total. The van der Waals surface area contributed by atoms with Crippen LogP contribution in [-0.4, -0.2) is 35.4 Å². The van der Waals surface area contributed by atoms with Crippen LogP contribution in [0.2, 0.25) is 0 Å². The summed E-state index contributed by atoms with van der Waals surface area (Å²) < 4.78 is 11.0. The van der Waals surface area contributed by atoms with E-state index in [2.05, 4.69) is 10.3 Å². The fourth-order valence-corrected chi connectivity index (χ4v) is 3.89. The smallest absolute Gasteiger partial charge is 0.261 e. The van der Waals surface area contributed by atoms with Gasteiger partial charge in [0.1, 0.15) is 17.5 Å². The molecule has 1 heterocycles. The molecule has 2 amide bonds. The van der Waals surface area contributed by atoms with E-state index in [-0.39, 0.29) is 25.0 Å². The van der Waals surface area contributed by atoms with Crippen molar-refractivity contribution < 1.29 is 19.1 Å². The molecule has 0 saturated heterocycles. The van der Waals surface area contributed by atoms with Crippen molar-refractivity contribution in [2.45, 2.75) is 19.1 Å². The fraction of sp³-hybridized carbons (Fsp3) is 0.167. The summed E-state index contributed by atoms with van der Waals surface area (Å²) in [7, 11) is 1.60. The highest BCUT2D eigenvalue weighted by atomic mass is 16.5. The molecule has 4 aromatic rings. The van der Waals surface area contributed by atoms with E-state index in [4.69, 9.17) is 9.47 Å². The molecule has 0 radical (unpaired) electrons. The Morgan fingerprint density at radius 3 is 2.11 bits per heavy atom. The van der Waals surface area contributed by atoms with Crippen LogP contribution in [0, 0.1) is 0 Å². The van der Waals surface area contributed by atoms with Crippen LogP contribution in [0.5, 0.6) is 11.5 Å². The van der Waals surface area contributed by atoms with Crippen LogP contribution in [-0.2, 0) is 22.7 Å². The van der Waals surface area contributed by atoms with Crippen LogP contribution in [0.15, 0.2) is 109 Å². The third-order valence-electron chi connectivity index (χ3n) is 5.83. The minimum absolute atomic E-state index is 0.207. The second-order valence-corrected chi connectivity index (χ2v) is 8.36. The van der Waals surface area contributed by atoms with Gasteiger partial charge in [0.05, 0.1) is 7.11 Å². The molecule has 37 heavy (non-hydrogen) atoms. The number of benzene rings is 3. The van der Waals surface area contributed by atoms with Gasteiger partial charge in [-0.15, -0.1) is 0 Å². The first-order valence-corrected chi connectivity index (χ1v) is 12.0. The van der Waals surface area contributed by atoms with Crippen LogP contribution in [0.4, 0.5) is 0 Å². The molecule has 0 aliphatic carbocycles. The second-order valence-electron chi connectivity index (χ2n) is 8.36. The first-order chi connectivity index (χ1) is 18.1. The molecule has 0 fully saturated rings. The van der Waals surface area contributed by atoms with Crippen molar-refractivity contribution in [3.8, 4) is 11.5 Å². The molecular weight excluding hydrogens is 466 g/mol. The molecule has 188 valence electrons. The Balaban J connectivity index is 1.63. The lowest BCUT2D eigenvalue weighted by atomic mass is 10.0. The minimum atomic E-state index is -0.864. The summed E-state index contributed by atoms with van der Waals surface area (Å²) in [6.07, 6.45) is 3.35. The number of aromatic nitrogens is 1. The monoisotopic (exact) mass is 495 g/mol. The molecule has 1 aromatic heterocycles. The number of nitrogens with one attached hydrogen (secondary N) is 1. The number of nitrogens with zero attached hydrogens (tertiary/aromatic N) is 2. The summed E-state index contributed by atoms with van der Waals surface area (Å²) in [5.41, 5.74) is 2.48. The van der Waals surface area contributed by atoms with Crippen LogP contribution in [0.3, 0.4) is 0 Å². The van der Waals surface area contributed by atoms with Gasteiger partial charge in [-0.2, -0.15) is 0 Å². The lowest BCUT2D eigenvalue weighted by Gasteiger charge is -2.31. The van der Waals surface area contributed by atoms with Gasteiger partial charge in [-0.25, -0.2) is 0 Å². The maximum absolute atomic E-state index is 13.6. The van der Waals surface area contributed by atoms with Crippen LogP contribution in [0.1, 0.15) is 22.7 Å². The zero-order chi connectivity index (χ0) is 25.9. The number of rotatable bonds is 11. The number of carbonyl (C=O) groups excluding carboxylic acids is 2. The average molecular weight is 496 g/mol. The Morgan fingerprint density at radius 2 is 1.46 bits per heavy atom. The molecule has 0 bridgehead atoms. The SMILES string of the molecule is COc1ccc(CN(C(=O)COc2ccccc2)C(C(=O)NCc2ccncc2)c2ccccc2)cc1. The van der Waals surface area contributed by atoms with Crippen molar-refractivity contribution in [2.24, 2.45) is 0 Å². The highest BCUT2D eigenvalue weighted by molar-refractivity contribution is 5.89. The summed E-state index contributed by atoms with van der Waals surface area (Å²) in [6.45, 7) is 0.320. The van der Waals surface area contributed by atoms with Crippen molar-refractivity contribution >= 4 is 11.8 Å². The molecule has 0 spiro atoms. The number of ether oxygens (including phenoxy) is 2. The Kier molecular flexibility index (Phi) is 8.86. The van der Waals surface area contributed by atoms with Crippen LogP contribution < -0.4 is 14.8 Å². The number of methoxy groups -OCH3 is 1. The van der Waals surface area contributed by atoms with E-state index in [1.54, 1.807) is 36.5 Å². The summed E-state index contributed by atoms with van der Waals surface area (Å²) >= 11 is 0. The standard InChI is InChI=1S/C30H29N3O4/c1-36-26-14-12-24(13-15-26)21-33(28(34)22-37-27-10-6-3-7-11-27)29(25-8-4-2-5-9-25)30(35)32-20-23-16-18-31-19-17-23/h2-19,29H,20-22H2,1H3,(H,32,35). The third kappa shape index (κ3) is 7.18. The van der Waals surface area contributed by atoms with Crippen molar-refractivity contribution in [3.05, 3.63) is 126 Å². The summed E-state index contributed by atoms with van der Waals surface area (Å²) in [6, 6.07) is 28.7. The number of para-hydroxylation sites is 1. The van der Waals surface area contributed by atoms with Gasteiger partial charge in [-0.3, -0.25) is 14.6 Å². The Morgan fingerprint density at radius 1 is 0.811 bits per heavy atom. The molecule has 7 heteroatoms. The molecule has 3 aromatic carbocycles. The molecule has 0 aliphatic rings. The van der Waals surface area contributed by atoms with Crippen molar-refractivity contribution in [1.29, 1.82) is 0 Å². The normalized spacial score (nSPS) is 11.3. The number of hydrogen-bond donors (Lipinski definition) is 1. The first kappa shape index (κ1) is 25.4. The predicted octanol–water partition coefficient (Wildman–Crippen LogP) is 4.56. The van der Waals surface area contributed by atoms with Gasteiger partial charge in [0.25, 0.3) is 5.91 Å². The average Bonchev–Trinajstić information content (AvgIpc) is 2.96. The third-order valence-corrected chi connectivity index (χ3v) is 5.83. The zero-order valence-electron chi connectivity index (χ0n) is 20.6. The first-order valence-electron chi connectivity index (χ1n) is 12.0. The lowest BCUT2D eigenvalue weighted by Crippen LogP contribution is -2.45. The number of hydrogen-bond acceptors (Lipinski definition) is 5. The highest BCUT2D eigenvalue weighted by Gasteiger charge is 2.31. The molecule has 4 rings (SSSR count). The second kappa shape index (κ2) is 12.9. The molecule has 7 nitrogen and oxygen atoms in total. The molecular formula is C30H29N3O4. The number of amides is 2. The van der Waals surface area contributed by atoms with E-state index in [0.29, 0.717) is 23.6 Å². The van der Waals surface area contributed by atoms with Crippen molar-refractivity contribution in [1.82, 2.24) is 15.2 Å². The fourth-order valence-electron chi connectivity index (χ4n) is 3.89. The van der Waals surface area contributed by atoms with E-state index in [1.807, 2.05) is 84.9 Å². The minimum Gasteiger partial charge on any atom is -0.497 e. The van der Waals surface area contributed by atoms with Crippen molar-refractivity contribution in [3.63, 3.8) is 0 Å². The summed E-state index contributed by atoms with van der Waals surface area (Å²) in [5, 5.41) is 2.99. The van der Waals surface area contributed by atoms with E-state index in [0.717, 1.165) is 11.1 Å². The van der Waals surface area contributed by atoms with Crippen molar-refractivity contribution in [2.75, 3.05) is 13.7 Å². The van der Waals surface area contributed by atoms with Gasteiger partial charge in [-0.1, -0.05) is 60.7 Å². The Hall–Kier alpha value is -4.65. The molecule has 0 aliphatic heterocycles. The van der Waals surface area contributed by atoms with E-state index >= 15 is 0 Å². The highest BCUT2D eigenvalue weighted by Crippen LogP contribution is 2.25. The topological polar surface area (TPSA) is 80.8 Å². The Labute approximate surface area is 216 Å². The van der Waals surface area contributed by atoms with Gasteiger partial charge in [0.15, 0.2) is 6.61 Å². The quantitative estimate of drug-likeness (QED) is 0.330. The largest absolute Gasteiger partial charge is 0.497 e. The summed E-state index contributed by atoms with van der Waals surface area (Å²) in [5.74, 6) is 0.694. The van der Waals surface area contributed by atoms with Crippen LogP contribution in [0.25, 0.3) is 0 Å². The van der Waals surface area contributed by atoms with Gasteiger partial charge in [0.2, 0.25) is 5.91 Å². The van der Waals surface area contributed by atoms with E-state index < -0.39 is 6.04 Å². The maximum atomic E-state index is 13.6. The van der Waals surface area contributed by atoms with Crippen LogP contribution >= 0.6 is 0 Å². The van der Waals surface area contributed by atoms with Gasteiger partial charge < -0.3 is 19.7 Å². The van der Waals surface area contributed by atoms with Gasteiger partial charge in [-0.05, 0) is 53.1 Å². The number of carbonyl (C=O) groups is 2. The van der Waals surface area contributed by atoms with E-state index in [9.17, 15) is 9.59 Å². The maximum Gasteiger partial charge on any atom is 0.261 e. The van der Waals surface area contributed by atoms with Gasteiger partial charge >= 0.3 is 0 Å². The number of pyridine rings is 1. The molecule has 1 unspecified atom stereocenters. The molecule has 0 saturated carbocycles. The van der Waals surface area contributed by atoms with E-state index in [1.165, 1.54) is 0 Å². The lowest BCUT2D eigenvalue weighted by molar-refractivity contribution is -0.143. The molecule has 1 atom stereocenters. The zero-order valence-corrected chi connectivity index (χ0v) is 20.6. The summed E-state index contributed by atoms with van der Waals surface area (Å²) in [4.78, 5) is 32.9.